The zero-order valence-electron chi connectivity index (χ0n) is 11.2. The molecule has 2 saturated heterocycles. The van der Waals surface area contributed by atoms with Crippen LogP contribution in [-0.4, -0.2) is 38.9 Å². The fourth-order valence-corrected chi connectivity index (χ4v) is 6.06. The summed E-state index contributed by atoms with van der Waals surface area (Å²) in [7, 11) is -3.27. The Bertz CT molecular complexity index is 559. The van der Waals surface area contributed by atoms with E-state index in [0.717, 1.165) is 37.2 Å². The summed E-state index contributed by atoms with van der Waals surface area (Å²) in [5.41, 5.74) is 0.192. The van der Waals surface area contributed by atoms with Crippen LogP contribution in [0.4, 0.5) is 0 Å². The van der Waals surface area contributed by atoms with Crippen LogP contribution in [-0.2, 0) is 16.4 Å². The van der Waals surface area contributed by atoms with Crippen LogP contribution in [0.5, 0.6) is 0 Å². The Morgan fingerprint density at radius 3 is 2.89 bits per heavy atom. The second-order valence-corrected chi connectivity index (χ2v) is 8.92. The van der Waals surface area contributed by atoms with Gasteiger partial charge >= 0.3 is 0 Å². The van der Waals surface area contributed by atoms with E-state index in [1.54, 1.807) is 10.4 Å². The average molecular weight is 300 g/mol. The van der Waals surface area contributed by atoms with Gasteiger partial charge in [0.2, 0.25) is 0 Å². The second-order valence-electron chi connectivity index (χ2n) is 5.59. The lowest BCUT2D eigenvalue weighted by molar-refractivity contribution is 0.338. The summed E-state index contributed by atoms with van der Waals surface area (Å²) in [5.74, 6) is 0. The molecule has 1 spiro atoms. The third-order valence-electron chi connectivity index (χ3n) is 4.32. The standard InChI is InChI=1S/C13H20N2O2S2/c1-2-11-3-4-12(18-11)19(16,17)15-8-6-13(10-15)5-7-14-9-13/h3-4,14H,2,5-10H2,1H3. The molecule has 2 aliphatic rings. The van der Waals surface area contributed by atoms with E-state index in [1.807, 2.05) is 6.07 Å². The third-order valence-corrected chi connectivity index (χ3v) is 7.86. The molecule has 19 heavy (non-hydrogen) atoms. The molecule has 0 bridgehead atoms. The van der Waals surface area contributed by atoms with Crippen molar-refractivity contribution in [3.05, 3.63) is 17.0 Å². The first-order chi connectivity index (χ1) is 9.06. The van der Waals surface area contributed by atoms with Crippen molar-refractivity contribution in [2.45, 2.75) is 30.4 Å². The number of nitrogens with one attached hydrogen (secondary N) is 1. The molecule has 1 unspecified atom stereocenters. The van der Waals surface area contributed by atoms with E-state index in [1.165, 1.54) is 11.3 Å². The molecule has 3 rings (SSSR count). The molecule has 106 valence electrons. The van der Waals surface area contributed by atoms with Crippen LogP contribution in [0, 0.1) is 5.41 Å². The normalized spacial score (nSPS) is 28.5. The van der Waals surface area contributed by atoms with Crippen molar-refractivity contribution in [1.29, 1.82) is 0 Å². The Balaban J connectivity index is 1.81. The second kappa shape index (κ2) is 4.84. The third kappa shape index (κ3) is 2.35. The van der Waals surface area contributed by atoms with E-state index in [-0.39, 0.29) is 5.41 Å². The molecular weight excluding hydrogens is 280 g/mol. The van der Waals surface area contributed by atoms with E-state index in [4.69, 9.17) is 0 Å². The molecular formula is C13H20N2O2S2. The van der Waals surface area contributed by atoms with Crippen molar-refractivity contribution in [1.82, 2.24) is 9.62 Å². The highest BCUT2D eigenvalue weighted by Crippen LogP contribution is 2.39. The van der Waals surface area contributed by atoms with Crippen LogP contribution in [0.3, 0.4) is 0 Å². The van der Waals surface area contributed by atoms with Crippen molar-refractivity contribution < 1.29 is 8.42 Å². The average Bonchev–Trinajstić information content (AvgIpc) is 3.12. The molecule has 1 aromatic heterocycles. The van der Waals surface area contributed by atoms with Crippen molar-refractivity contribution in [2.75, 3.05) is 26.2 Å². The molecule has 3 heterocycles. The lowest BCUT2D eigenvalue weighted by atomic mass is 9.87. The Labute approximate surface area is 118 Å². The summed E-state index contributed by atoms with van der Waals surface area (Å²) in [4.78, 5) is 1.13. The fraction of sp³-hybridized carbons (Fsp3) is 0.692. The SMILES string of the molecule is CCc1ccc(S(=O)(=O)N2CCC3(CCNC3)C2)s1. The van der Waals surface area contributed by atoms with Gasteiger partial charge in [-0.2, -0.15) is 4.31 Å². The first-order valence-corrected chi connectivity index (χ1v) is 9.11. The van der Waals surface area contributed by atoms with Gasteiger partial charge in [-0.25, -0.2) is 8.42 Å². The van der Waals surface area contributed by atoms with Crippen LogP contribution in [0.15, 0.2) is 16.3 Å². The molecule has 2 fully saturated rings. The number of hydrogen-bond donors (Lipinski definition) is 1. The van der Waals surface area contributed by atoms with Crippen molar-refractivity contribution >= 4 is 21.4 Å². The molecule has 0 radical (unpaired) electrons. The minimum absolute atomic E-state index is 0.192. The quantitative estimate of drug-likeness (QED) is 0.924. The fourth-order valence-electron chi connectivity index (χ4n) is 3.06. The lowest BCUT2D eigenvalue weighted by Gasteiger charge is -2.22. The lowest BCUT2D eigenvalue weighted by Crippen LogP contribution is -2.32. The van der Waals surface area contributed by atoms with E-state index in [9.17, 15) is 8.42 Å². The van der Waals surface area contributed by atoms with E-state index < -0.39 is 10.0 Å². The number of hydrogen-bond acceptors (Lipinski definition) is 4. The highest BCUT2D eigenvalue weighted by atomic mass is 32.2. The summed E-state index contributed by atoms with van der Waals surface area (Å²) in [5, 5.41) is 3.36. The summed E-state index contributed by atoms with van der Waals surface area (Å²) in [6.07, 6.45) is 2.99. The topological polar surface area (TPSA) is 49.4 Å². The van der Waals surface area contributed by atoms with Gasteiger partial charge in [0.25, 0.3) is 10.0 Å². The van der Waals surface area contributed by atoms with Gasteiger partial charge in [0.15, 0.2) is 0 Å². The number of sulfonamides is 1. The molecule has 6 heteroatoms. The molecule has 1 aromatic rings. The molecule has 0 amide bonds. The molecule has 0 aliphatic carbocycles. The van der Waals surface area contributed by atoms with E-state index >= 15 is 0 Å². The number of aryl methyl sites for hydroxylation is 1. The number of thiophene rings is 1. The van der Waals surface area contributed by atoms with Crippen LogP contribution < -0.4 is 5.32 Å². The van der Waals surface area contributed by atoms with Crippen LogP contribution >= 0.6 is 11.3 Å². The Morgan fingerprint density at radius 1 is 1.42 bits per heavy atom. The molecule has 2 aliphatic heterocycles. The monoisotopic (exact) mass is 300 g/mol. The number of rotatable bonds is 3. The molecule has 4 nitrogen and oxygen atoms in total. The zero-order chi connectivity index (χ0) is 13.5. The van der Waals surface area contributed by atoms with Gasteiger partial charge in [0.05, 0.1) is 0 Å². The van der Waals surface area contributed by atoms with Gasteiger partial charge in [-0.1, -0.05) is 6.92 Å². The van der Waals surface area contributed by atoms with Gasteiger partial charge in [0, 0.05) is 24.5 Å². The Hall–Kier alpha value is -0.430. The Morgan fingerprint density at radius 2 is 2.26 bits per heavy atom. The van der Waals surface area contributed by atoms with Crippen molar-refractivity contribution in [3.63, 3.8) is 0 Å². The summed E-state index contributed by atoms with van der Waals surface area (Å²) < 4.78 is 27.4. The highest BCUT2D eigenvalue weighted by molar-refractivity contribution is 7.91. The van der Waals surface area contributed by atoms with E-state index in [2.05, 4.69) is 12.2 Å². The maximum absolute atomic E-state index is 12.6. The van der Waals surface area contributed by atoms with Gasteiger partial charge in [-0.15, -0.1) is 11.3 Å². The summed E-state index contributed by atoms with van der Waals surface area (Å²) in [6, 6.07) is 3.69. The van der Waals surface area contributed by atoms with Crippen molar-refractivity contribution in [3.8, 4) is 0 Å². The Kier molecular flexibility index (Phi) is 3.45. The molecule has 0 aromatic carbocycles. The smallest absolute Gasteiger partial charge is 0.252 e. The summed E-state index contributed by atoms with van der Waals surface area (Å²) >= 11 is 1.41. The number of nitrogens with zero attached hydrogens (tertiary/aromatic N) is 1. The van der Waals surface area contributed by atoms with Gasteiger partial charge < -0.3 is 5.32 Å². The summed E-state index contributed by atoms with van der Waals surface area (Å²) in [6.45, 7) is 5.39. The largest absolute Gasteiger partial charge is 0.316 e. The highest BCUT2D eigenvalue weighted by Gasteiger charge is 2.44. The zero-order valence-corrected chi connectivity index (χ0v) is 12.8. The van der Waals surface area contributed by atoms with Crippen LogP contribution in [0.1, 0.15) is 24.6 Å². The van der Waals surface area contributed by atoms with Gasteiger partial charge in [0.1, 0.15) is 4.21 Å². The van der Waals surface area contributed by atoms with Crippen LogP contribution in [0.2, 0.25) is 0 Å². The van der Waals surface area contributed by atoms with Gasteiger partial charge in [-0.05, 0) is 43.4 Å². The van der Waals surface area contributed by atoms with Crippen LogP contribution in [0.25, 0.3) is 0 Å². The first kappa shape index (κ1) is 13.5. The predicted octanol–water partition coefficient (Wildman–Crippen LogP) is 1.68. The minimum Gasteiger partial charge on any atom is -0.316 e. The maximum atomic E-state index is 12.6. The van der Waals surface area contributed by atoms with Crippen molar-refractivity contribution in [2.24, 2.45) is 5.41 Å². The minimum atomic E-state index is -3.27. The first-order valence-electron chi connectivity index (χ1n) is 6.85. The molecule has 0 saturated carbocycles. The molecule has 1 N–H and O–H groups in total. The molecule has 1 atom stereocenters. The predicted molar refractivity (Wildman–Crippen MR) is 77.0 cm³/mol. The van der Waals surface area contributed by atoms with E-state index in [0.29, 0.717) is 17.3 Å². The maximum Gasteiger partial charge on any atom is 0.252 e. The van der Waals surface area contributed by atoms with Gasteiger partial charge in [-0.3, -0.25) is 0 Å².